The van der Waals surface area contributed by atoms with Gasteiger partial charge in [0.2, 0.25) is 0 Å². The molecule has 0 N–H and O–H groups in total. The molecule has 1 fully saturated rings. The van der Waals surface area contributed by atoms with Crippen LogP contribution >= 0.6 is 0 Å². The van der Waals surface area contributed by atoms with E-state index in [1.807, 2.05) is 22.9 Å². The predicted octanol–water partition coefficient (Wildman–Crippen LogP) is 5.48. The molecule has 5 rings (SSSR count). The summed E-state index contributed by atoms with van der Waals surface area (Å²) in [6.45, 7) is 3.26. The summed E-state index contributed by atoms with van der Waals surface area (Å²) in [6.07, 6.45) is 1.96. The highest BCUT2D eigenvalue weighted by molar-refractivity contribution is 5.80. The van der Waals surface area contributed by atoms with Crippen molar-refractivity contribution in [3.8, 4) is 0 Å². The first kappa shape index (κ1) is 19.0. The Morgan fingerprint density at radius 3 is 2.20 bits per heavy atom. The van der Waals surface area contributed by atoms with Crippen molar-refractivity contribution in [2.75, 3.05) is 19.7 Å². The normalized spacial score (nSPS) is 15.0. The Bertz CT molecular complexity index is 1060. The van der Waals surface area contributed by atoms with Gasteiger partial charge in [0, 0.05) is 30.6 Å². The van der Waals surface area contributed by atoms with E-state index in [0.29, 0.717) is 12.6 Å². The van der Waals surface area contributed by atoms with Gasteiger partial charge in [-0.1, -0.05) is 60.7 Å². The van der Waals surface area contributed by atoms with Gasteiger partial charge >= 0.3 is 0 Å². The number of likely N-dealkylation sites (tertiary alicyclic amines) is 1. The molecule has 4 aromatic rings. The van der Waals surface area contributed by atoms with Gasteiger partial charge in [0.25, 0.3) is 0 Å². The monoisotopic (exact) mass is 400 g/mol. The molecule has 0 radical (unpaired) electrons. The zero-order valence-electron chi connectivity index (χ0n) is 16.8. The van der Waals surface area contributed by atoms with Crippen LogP contribution in [-0.4, -0.2) is 29.2 Å². The second kappa shape index (κ2) is 8.42. The lowest BCUT2D eigenvalue weighted by atomic mass is 9.90. The molecule has 4 heteroatoms. The van der Waals surface area contributed by atoms with Crippen LogP contribution in [0.15, 0.2) is 91.1 Å². The molecular weight excluding hydrogens is 375 g/mol. The van der Waals surface area contributed by atoms with Gasteiger partial charge in [-0.2, -0.15) is 0 Å². The summed E-state index contributed by atoms with van der Waals surface area (Å²) in [5, 5.41) is 0.905. The molecule has 1 aromatic heterocycles. The van der Waals surface area contributed by atoms with Crippen molar-refractivity contribution in [2.45, 2.75) is 12.8 Å². The fourth-order valence-electron chi connectivity index (χ4n) is 4.41. The zero-order valence-corrected chi connectivity index (χ0v) is 16.8. The number of fused-ring (bicyclic) bond motifs is 1. The van der Waals surface area contributed by atoms with E-state index >= 15 is 0 Å². The summed E-state index contributed by atoms with van der Waals surface area (Å²) in [5.41, 5.74) is 3.66. The molecule has 0 unspecified atom stereocenters. The molecule has 0 bridgehead atoms. The lowest BCUT2D eigenvalue weighted by molar-refractivity contribution is -0.0201. The maximum atomic E-state index is 13.4. The van der Waals surface area contributed by atoms with Gasteiger partial charge in [-0.25, -0.2) is 4.39 Å². The molecule has 1 aliphatic heterocycles. The van der Waals surface area contributed by atoms with Crippen molar-refractivity contribution >= 4 is 10.9 Å². The predicted molar refractivity (Wildman–Crippen MR) is 118 cm³/mol. The van der Waals surface area contributed by atoms with Gasteiger partial charge < -0.3 is 9.30 Å². The van der Waals surface area contributed by atoms with Gasteiger partial charge in [0.1, 0.15) is 12.5 Å². The van der Waals surface area contributed by atoms with Gasteiger partial charge in [-0.3, -0.25) is 4.90 Å². The summed E-state index contributed by atoms with van der Waals surface area (Å²) < 4.78 is 21.4. The van der Waals surface area contributed by atoms with Gasteiger partial charge in [0.15, 0.2) is 0 Å². The molecule has 0 spiro atoms. The first-order chi connectivity index (χ1) is 14.8. The van der Waals surface area contributed by atoms with Crippen molar-refractivity contribution in [3.63, 3.8) is 0 Å². The quantitative estimate of drug-likeness (QED) is 0.409. The molecule has 1 aliphatic rings. The molecule has 1 saturated heterocycles. The molecule has 0 saturated carbocycles. The minimum absolute atomic E-state index is 0.206. The Morgan fingerprint density at radius 2 is 1.53 bits per heavy atom. The number of nitrogens with zero attached hydrogens (tertiary/aromatic N) is 2. The fraction of sp³-hybridized carbons (Fsp3) is 0.231. The largest absolute Gasteiger partial charge is 0.360 e. The van der Waals surface area contributed by atoms with Crippen molar-refractivity contribution in [3.05, 3.63) is 108 Å². The van der Waals surface area contributed by atoms with Crippen LogP contribution < -0.4 is 0 Å². The van der Waals surface area contributed by atoms with E-state index in [1.165, 1.54) is 17.2 Å². The third kappa shape index (κ3) is 3.89. The summed E-state index contributed by atoms with van der Waals surface area (Å²) >= 11 is 0. The van der Waals surface area contributed by atoms with Crippen LogP contribution in [0.1, 0.15) is 17.2 Å². The van der Waals surface area contributed by atoms with Crippen LogP contribution in [0.4, 0.5) is 4.39 Å². The van der Waals surface area contributed by atoms with E-state index in [-0.39, 0.29) is 11.9 Å². The van der Waals surface area contributed by atoms with Crippen molar-refractivity contribution in [2.24, 2.45) is 5.92 Å². The van der Waals surface area contributed by atoms with Crippen LogP contribution in [0.3, 0.4) is 0 Å². The summed E-state index contributed by atoms with van der Waals surface area (Å²) in [5.74, 6) is 0.321. The topological polar surface area (TPSA) is 17.4 Å². The summed E-state index contributed by atoms with van der Waals surface area (Å²) in [7, 11) is 0. The molecule has 3 nitrogen and oxygen atoms in total. The second-order valence-corrected chi connectivity index (χ2v) is 8.03. The lowest BCUT2D eigenvalue weighted by Gasteiger charge is -2.44. The Hall–Kier alpha value is -2.95. The average Bonchev–Trinajstić information content (AvgIpc) is 3.15. The zero-order chi connectivity index (χ0) is 20.3. The second-order valence-electron chi connectivity index (χ2n) is 8.03. The number of halogens is 1. The van der Waals surface area contributed by atoms with Gasteiger partial charge in [-0.05, 0) is 35.4 Å². The molecule has 152 valence electrons. The maximum Gasteiger partial charge on any atom is 0.123 e. The molecule has 3 aromatic carbocycles. The maximum absolute atomic E-state index is 13.4. The van der Waals surface area contributed by atoms with Crippen molar-refractivity contribution in [1.29, 1.82) is 0 Å². The van der Waals surface area contributed by atoms with E-state index < -0.39 is 0 Å². The first-order valence-corrected chi connectivity index (χ1v) is 10.4. The Morgan fingerprint density at radius 1 is 0.867 bits per heavy atom. The minimum Gasteiger partial charge on any atom is -0.360 e. The Balaban J connectivity index is 1.19. The minimum atomic E-state index is -0.206. The van der Waals surface area contributed by atoms with E-state index in [9.17, 15) is 4.39 Å². The van der Waals surface area contributed by atoms with Gasteiger partial charge in [-0.15, -0.1) is 0 Å². The van der Waals surface area contributed by atoms with Crippen LogP contribution in [0.2, 0.25) is 0 Å². The SMILES string of the molecule is Fc1ccc2c(ccn2COCC2CN(C(c3ccccc3)c3ccccc3)C2)c1. The summed E-state index contributed by atoms with van der Waals surface area (Å²) in [6, 6.07) is 28.5. The van der Waals surface area contributed by atoms with E-state index in [1.54, 1.807) is 6.07 Å². The lowest BCUT2D eigenvalue weighted by Crippen LogP contribution is -2.50. The van der Waals surface area contributed by atoms with Crippen molar-refractivity contribution < 1.29 is 9.13 Å². The van der Waals surface area contributed by atoms with Crippen LogP contribution in [0.25, 0.3) is 10.9 Å². The highest BCUT2D eigenvalue weighted by Gasteiger charge is 2.33. The van der Waals surface area contributed by atoms with E-state index in [0.717, 1.165) is 30.6 Å². The smallest absolute Gasteiger partial charge is 0.123 e. The molecule has 2 heterocycles. The first-order valence-electron chi connectivity index (χ1n) is 10.4. The highest BCUT2D eigenvalue weighted by Crippen LogP contribution is 2.34. The molecular formula is C26H25FN2O. The van der Waals surface area contributed by atoms with Crippen molar-refractivity contribution in [1.82, 2.24) is 9.47 Å². The number of aromatic nitrogens is 1. The van der Waals surface area contributed by atoms with E-state index in [2.05, 4.69) is 65.6 Å². The summed E-state index contributed by atoms with van der Waals surface area (Å²) in [4.78, 5) is 2.52. The standard InChI is InChI=1S/C26H25FN2O/c27-24-11-12-25-23(15-24)13-14-28(25)19-30-18-20-16-29(17-20)26(21-7-3-1-4-8-21)22-9-5-2-6-10-22/h1-15,20,26H,16-19H2. The third-order valence-corrected chi connectivity index (χ3v) is 5.90. The Labute approximate surface area is 176 Å². The van der Waals surface area contributed by atoms with Crippen LogP contribution in [0, 0.1) is 11.7 Å². The molecule has 0 amide bonds. The van der Waals surface area contributed by atoms with Crippen LogP contribution in [0.5, 0.6) is 0 Å². The van der Waals surface area contributed by atoms with E-state index in [4.69, 9.17) is 4.74 Å². The number of hydrogen-bond acceptors (Lipinski definition) is 2. The number of hydrogen-bond donors (Lipinski definition) is 0. The number of benzene rings is 3. The Kier molecular flexibility index (Phi) is 5.35. The molecule has 0 atom stereocenters. The number of ether oxygens (including phenoxy) is 1. The third-order valence-electron chi connectivity index (χ3n) is 5.90. The van der Waals surface area contributed by atoms with Crippen LogP contribution in [-0.2, 0) is 11.5 Å². The molecule has 0 aliphatic carbocycles. The van der Waals surface area contributed by atoms with Gasteiger partial charge in [0.05, 0.1) is 18.2 Å². The highest BCUT2D eigenvalue weighted by atomic mass is 19.1. The number of rotatable bonds is 7. The average molecular weight is 400 g/mol. The fourth-order valence-corrected chi connectivity index (χ4v) is 4.41. The molecule has 30 heavy (non-hydrogen) atoms.